The summed E-state index contributed by atoms with van der Waals surface area (Å²) in [4.78, 5) is 11.3. The lowest BCUT2D eigenvalue weighted by molar-refractivity contribution is -0.145. The van der Waals surface area contributed by atoms with Crippen LogP contribution in [-0.4, -0.2) is 11.1 Å². The van der Waals surface area contributed by atoms with Gasteiger partial charge in [0.1, 0.15) is 0 Å². The Hall–Kier alpha value is -0.530. The summed E-state index contributed by atoms with van der Waals surface area (Å²) in [6, 6.07) is 0. The van der Waals surface area contributed by atoms with Crippen LogP contribution in [0.2, 0.25) is 0 Å². The van der Waals surface area contributed by atoms with Crippen molar-refractivity contribution in [2.45, 2.75) is 91.9 Å². The zero-order chi connectivity index (χ0) is 18.2. The summed E-state index contributed by atoms with van der Waals surface area (Å²) in [5.74, 6) is 4.08. The molecule has 0 saturated heterocycles. The highest BCUT2D eigenvalue weighted by Crippen LogP contribution is 2.65. The maximum absolute atomic E-state index is 11.3. The molecule has 0 amide bonds. The Labute approximate surface area is 155 Å². The molecule has 4 saturated carbocycles. The standard InChI is InChI=1S/C15H24O2.C8H16/c1-3-8-5-9(4-2)14-11-6-10(13(8)14)7-12(11)15(16)17;1-3-8(2)6-4-5-7-8/h8-14H,3-7H2,1-2H3,(H,16,17);3-7H2,1-2H3. The third-order valence-electron chi connectivity index (χ3n) is 8.86. The summed E-state index contributed by atoms with van der Waals surface area (Å²) in [5.41, 5.74) is 0.736. The predicted molar refractivity (Wildman–Crippen MR) is 103 cm³/mol. The van der Waals surface area contributed by atoms with Crippen LogP contribution in [0.4, 0.5) is 0 Å². The van der Waals surface area contributed by atoms with E-state index in [-0.39, 0.29) is 5.92 Å². The van der Waals surface area contributed by atoms with Crippen molar-refractivity contribution in [2.75, 3.05) is 0 Å². The Bertz CT molecular complexity index is 465. The van der Waals surface area contributed by atoms with Crippen LogP contribution in [0.15, 0.2) is 0 Å². The molecular weight excluding hydrogens is 308 g/mol. The van der Waals surface area contributed by atoms with Gasteiger partial charge in [-0.2, -0.15) is 0 Å². The second-order valence-corrected chi connectivity index (χ2v) is 9.94. The van der Waals surface area contributed by atoms with Gasteiger partial charge in [-0.3, -0.25) is 4.79 Å². The van der Waals surface area contributed by atoms with Crippen molar-refractivity contribution >= 4 is 5.97 Å². The number of hydrogen-bond donors (Lipinski definition) is 1. The molecule has 0 radical (unpaired) electrons. The normalized spacial score (nSPS) is 43.6. The van der Waals surface area contributed by atoms with Crippen molar-refractivity contribution in [1.29, 1.82) is 0 Å². The van der Waals surface area contributed by atoms with Gasteiger partial charge in [-0.05, 0) is 73.0 Å². The molecule has 7 atom stereocenters. The zero-order valence-corrected chi connectivity index (χ0v) is 17.0. The summed E-state index contributed by atoms with van der Waals surface area (Å²) in [6.45, 7) is 9.34. The predicted octanol–water partition coefficient (Wildman–Crippen LogP) is 6.39. The highest BCUT2D eigenvalue weighted by Gasteiger charge is 2.60. The van der Waals surface area contributed by atoms with Crippen molar-refractivity contribution < 1.29 is 9.90 Å². The van der Waals surface area contributed by atoms with Crippen LogP contribution in [0.1, 0.15) is 91.9 Å². The molecule has 1 N–H and O–H groups in total. The summed E-state index contributed by atoms with van der Waals surface area (Å²) in [7, 11) is 0. The Morgan fingerprint density at radius 3 is 2.04 bits per heavy atom. The molecule has 2 heteroatoms. The van der Waals surface area contributed by atoms with Gasteiger partial charge in [-0.15, -0.1) is 0 Å². The number of carboxylic acid groups (broad SMARTS) is 1. The zero-order valence-electron chi connectivity index (χ0n) is 17.0. The largest absolute Gasteiger partial charge is 0.481 e. The van der Waals surface area contributed by atoms with Gasteiger partial charge in [0.25, 0.3) is 0 Å². The van der Waals surface area contributed by atoms with Gasteiger partial charge in [0.15, 0.2) is 0 Å². The molecule has 4 aliphatic rings. The monoisotopic (exact) mass is 348 g/mol. The molecule has 25 heavy (non-hydrogen) atoms. The lowest BCUT2D eigenvalue weighted by Crippen LogP contribution is -2.33. The maximum Gasteiger partial charge on any atom is 0.306 e. The molecule has 0 heterocycles. The van der Waals surface area contributed by atoms with Crippen molar-refractivity contribution in [3.63, 3.8) is 0 Å². The van der Waals surface area contributed by atoms with Crippen LogP contribution in [-0.2, 0) is 4.79 Å². The summed E-state index contributed by atoms with van der Waals surface area (Å²) < 4.78 is 0. The van der Waals surface area contributed by atoms with Gasteiger partial charge in [0, 0.05) is 0 Å². The smallest absolute Gasteiger partial charge is 0.306 e. The Morgan fingerprint density at radius 2 is 1.56 bits per heavy atom. The van der Waals surface area contributed by atoms with Gasteiger partial charge in [0.2, 0.25) is 0 Å². The molecule has 2 nitrogen and oxygen atoms in total. The molecule has 4 fully saturated rings. The lowest BCUT2D eigenvalue weighted by Gasteiger charge is -2.34. The fourth-order valence-electron chi connectivity index (χ4n) is 7.26. The van der Waals surface area contributed by atoms with E-state index in [2.05, 4.69) is 27.7 Å². The van der Waals surface area contributed by atoms with Gasteiger partial charge in [-0.1, -0.05) is 59.8 Å². The first-order valence-electron chi connectivity index (χ1n) is 11.2. The molecule has 0 spiro atoms. The number of fused-ring (bicyclic) bond motifs is 5. The third kappa shape index (κ3) is 3.52. The first-order chi connectivity index (χ1) is 11.9. The fourth-order valence-corrected chi connectivity index (χ4v) is 7.26. The van der Waals surface area contributed by atoms with Crippen LogP contribution >= 0.6 is 0 Å². The minimum atomic E-state index is -0.522. The topological polar surface area (TPSA) is 37.3 Å². The van der Waals surface area contributed by atoms with E-state index in [4.69, 9.17) is 0 Å². The van der Waals surface area contributed by atoms with E-state index in [1.165, 1.54) is 57.8 Å². The SMILES string of the molecule is CCC1(C)CCCC1.CCC1CC(CC)C2C3CC(CC3C(=O)O)C12. The van der Waals surface area contributed by atoms with E-state index in [1.54, 1.807) is 0 Å². The van der Waals surface area contributed by atoms with Gasteiger partial charge >= 0.3 is 5.97 Å². The third-order valence-corrected chi connectivity index (χ3v) is 8.86. The molecule has 144 valence electrons. The average Bonchev–Trinajstić information content (AvgIpc) is 3.36. The minimum absolute atomic E-state index is 0.00842. The summed E-state index contributed by atoms with van der Waals surface area (Å²) in [5, 5.41) is 9.34. The van der Waals surface area contributed by atoms with Gasteiger partial charge < -0.3 is 5.11 Å². The van der Waals surface area contributed by atoms with E-state index in [9.17, 15) is 9.90 Å². The van der Waals surface area contributed by atoms with Crippen molar-refractivity contribution in [3.05, 3.63) is 0 Å². The van der Waals surface area contributed by atoms with Crippen molar-refractivity contribution in [2.24, 2.45) is 46.8 Å². The fraction of sp³-hybridized carbons (Fsp3) is 0.957. The van der Waals surface area contributed by atoms with E-state index in [0.717, 1.165) is 41.4 Å². The number of rotatable bonds is 4. The van der Waals surface area contributed by atoms with Gasteiger partial charge in [-0.25, -0.2) is 0 Å². The number of carboxylic acids is 1. The number of aliphatic carboxylic acids is 1. The van der Waals surface area contributed by atoms with Crippen LogP contribution < -0.4 is 0 Å². The maximum atomic E-state index is 11.3. The molecule has 0 aromatic heterocycles. The van der Waals surface area contributed by atoms with E-state index >= 15 is 0 Å². The second kappa shape index (κ2) is 7.61. The van der Waals surface area contributed by atoms with Crippen LogP contribution in [0, 0.1) is 46.8 Å². The molecule has 0 aliphatic heterocycles. The number of carbonyl (C=O) groups is 1. The first-order valence-corrected chi connectivity index (χ1v) is 11.2. The Kier molecular flexibility index (Phi) is 5.85. The Morgan fingerprint density at radius 1 is 0.960 bits per heavy atom. The number of hydrogen-bond acceptors (Lipinski definition) is 1. The quantitative estimate of drug-likeness (QED) is 0.639. The first kappa shape index (κ1) is 19.2. The van der Waals surface area contributed by atoms with E-state index in [1.807, 2.05) is 0 Å². The summed E-state index contributed by atoms with van der Waals surface area (Å²) >= 11 is 0. The summed E-state index contributed by atoms with van der Waals surface area (Å²) in [6.07, 6.45) is 13.4. The Balaban J connectivity index is 0.000000192. The van der Waals surface area contributed by atoms with Gasteiger partial charge in [0.05, 0.1) is 5.92 Å². The molecule has 7 unspecified atom stereocenters. The highest BCUT2D eigenvalue weighted by molar-refractivity contribution is 5.71. The van der Waals surface area contributed by atoms with Crippen LogP contribution in [0.3, 0.4) is 0 Å². The molecule has 4 aliphatic carbocycles. The highest BCUT2D eigenvalue weighted by atomic mass is 16.4. The second-order valence-electron chi connectivity index (χ2n) is 9.94. The van der Waals surface area contributed by atoms with E-state index < -0.39 is 5.97 Å². The molecule has 2 bridgehead atoms. The van der Waals surface area contributed by atoms with Crippen LogP contribution in [0.25, 0.3) is 0 Å². The average molecular weight is 349 g/mol. The van der Waals surface area contributed by atoms with E-state index in [0.29, 0.717) is 5.92 Å². The lowest BCUT2D eigenvalue weighted by atomic mass is 9.70. The minimum Gasteiger partial charge on any atom is -0.481 e. The molecule has 0 aromatic rings. The van der Waals surface area contributed by atoms with Crippen LogP contribution in [0.5, 0.6) is 0 Å². The molecule has 0 aromatic carbocycles. The molecular formula is C23H40O2. The molecule has 4 rings (SSSR count). The van der Waals surface area contributed by atoms with Crippen molar-refractivity contribution in [1.82, 2.24) is 0 Å². The van der Waals surface area contributed by atoms with Crippen molar-refractivity contribution in [3.8, 4) is 0 Å².